The third kappa shape index (κ3) is 34.4. The summed E-state index contributed by atoms with van der Waals surface area (Å²) in [6.07, 6.45) is 42.3. The predicted octanol–water partition coefficient (Wildman–Crippen LogP) is 10.7. The highest BCUT2D eigenvalue weighted by molar-refractivity contribution is 7.85. The Balaban J connectivity index is 2.45. The van der Waals surface area contributed by atoms with E-state index in [4.69, 9.17) is 18.9 Å². The van der Waals surface area contributed by atoms with Crippen molar-refractivity contribution in [3.8, 4) is 0 Å². The number of hydrogen-bond acceptors (Lipinski definition) is 11. The largest absolute Gasteiger partial charge is 0.462 e. The summed E-state index contributed by atoms with van der Waals surface area (Å²) in [6.45, 7) is 3.66. The average molecular weight is 923 g/mol. The number of aliphatic hydroxyl groups excluding tert-OH is 3. The van der Waals surface area contributed by atoms with E-state index in [9.17, 15) is 37.9 Å². The Morgan fingerprint density at radius 1 is 0.531 bits per heavy atom. The van der Waals surface area contributed by atoms with Crippen LogP contribution in [0.2, 0.25) is 0 Å². The van der Waals surface area contributed by atoms with Gasteiger partial charge in [-0.25, -0.2) is 0 Å². The van der Waals surface area contributed by atoms with Gasteiger partial charge in [0.15, 0.2) is 12.4 Å². The summed E-state index contributed by atoms with van der Waals surface area (Å²) in [5.74, 6) is -2.07. The molecule has 1 heterocycles. The third-order valence-electron chi connectivity index (χ3n) is 10.8. The maximum atomic E-state index is 12.8. The van der Waals surface area contributed by atoms with Crippen LogP contribution < -0.4 is 0 Å². The molecule has 368 valence electrons. The second-order valence-corrected chi connectivity index (χ2v) is 18.3. The van der Waals surface area contributed by atoms with Crippen molar-refractivity contribution in [1.82, 2.24) is 0 Å². The minimum absolute atomic E-state index is 0.0844. The molecule has 1 saturated heterocycles. The molecule has 0 aromatic rings. The lowest BCUT2D eigenvalue weighted by molar-refractivity contribution is -0.297. The molecule has 13 heteroatoms. The molecule has 6 atom stereocenters. The number of hydrogen-bond donors (Lipinski definition) is 4. The Morgan fingerprint density at radius 2 is 0.953 bits per heavy atom. The minimum Gasteiger partial charge on any atom is -0.462 e. The Kier molecular flexibility index (Phi) is 37.3. The second-order valence-electron chi connectivity index (χ2n) is 16.8. The van der Waals surface area contributed by atoms with Crippen LogP contribution in [0.1, 0.15) is 181 Å². The molecule has 2 unspecified atom stereocenters. The molecule has 1 rings (SSSR count). The fraction of sp³-hybridized carbons (Fsp3) is 0.725. The van der Waals surface area contributed by atoms with Gasteiger partial charge in [-0.2, -0.15) is 8.42 Å². The van der Waals surface area contributed by atoms with E-state index in [-0.39, 0.29) is 19.4 Å². The SMILES string of the molecule is CCCCC/C=C/C/C=C/C/C=C/C/C=C/CCCC(=O)O[C@H](COC(=O)CCCCCCCCCCC/C=C/C/C=C/CCCCC)CO[C@H]1O[C@H](CS(=O)(=O)O)[C@@H](O)C(O)C1O. The van der Waals surface area contributed by atoms with E-state index >= 15 is 0 Å². The zero-order chi connectivity index (χ0) is 46.9. The molecular formula is C51H86O12S. The Bertz CT molecular complexity index is 1450. The number of carbonyl (C=O) groups excluding carboxylic acids is 2. The molecule has 0 amide bonds. The Morgan fingerprint density at radius 3 is 1.44 bits per heavy atom. The van der Waals surface area contributed by atoms with Crippen molar-refractivity contribution in [2.45, 2.75) is 218 Å². The van der Waals surface area contributed by atoms with Crippen molar-refractivity contribution >= 4 is 22.1 Å². The highest BCUT2D eigenvalue weighted by atomic mass is 32.2. The zero-order valence-electron chi connectivity index (χ0n) is 39.4. The molecule has 4 N–H and O–H groups in total. The average Bonchev–Trinajstić information content (AvgIpc) is 3.26. The molecule has 0 radical (unpaired) electrons. The van der Waals surface area contributed by atoms with Gasteiger partial charge in [0.1, 0.15) is 36.8 Å². The smallest absolute Gasteiger partial charge is 0.306 e. The molecule has 0 saturated carbocycles. The quantitative estimate of drug-likeness (QED) is 0.0198. The van der Waals surface area contributed by atoms with Crippen LogP contribution in [0.15, 0.2) is 72.9 Å². The fourth-order valence-corrected chi connectivity index (χ4v) is 7.62. The van der Waals surface area contributed by atoms with E-state index in [1.165, 1.54) is 77.0 Å². The fourth-order valence-electron chi connectivity index (χ4n) is 6.93. The van der Waals surface area contributed by atoms with Crippen LogP contribution in [0, 0.1) is 0 Å². The van der Waals surface area contributed by atoms with Gasteiger partial charge in [0, 0.05) is 12.8 Å². The summed E-state index contributed by atoms with van der Waals surface area (Å²) in [5.41, 5.74) is 0. The zero-order valence-corrected chi connectivity index (χ0v) is 40.2. The molecule has 0 aromatic heterocycles. The lowest BCUT2D eigenvalue weighted by Crippen LogP contribution is -2.60. The number of esters is 2. The number of ether oxygens (including phenoxy) is 4. The molecule has 1 fully saturated rings. The van der Waals surface area contributed by atoms with Gasteiger partial charge in [-0.15, -0.1) is 0 Å². The topological polar surface area (TPSA) is 186 Å². The molecular weight excluding hydrogens is 837 g/mol. The van der Waals surface area contributed by atoms with Crippen LogP contribution in [0.4, 0.5) is 0 Å². The molecule has 0 aromatic carbocycles. The molecule has 1 aliphatic rings. The van der Waals surface area contributed by atoms with E-state index in [0.29, 0.717) is 19.3 Å². The first-order valence-corrected chi connectivity index (χ1v) is 26.1. The van der Waals surface area contributed by atoms with Gasteiger partial charge in [-0.1, -0.05) is 157 Å². The van der Waals surface area contributed by atoms with Crippen molar-refractivity contribution in [2.75, 3.05) is 19.0 Å². The van der Waals surface area contributed by atoms with Crippen molar-refractivity contribution in [1.29, 1.82) is 0 Å². The highest BCUT2D eigenvalue weighted by Crippen LogP contribution is 2.24. The monoisotopic (exact) mass is 923 g/mol. The highest BCUT2D eigenvalue weighted by Gasteiger charge is 2.46. The predicted molar refractivity (Wildman–Crippen MR) is 256 cm³/mol. The van der Waals surface area contributed by atoms with E-state index < -0.39 is 71.2 Å². The van der Waals surface area contributed by atoms with Crippen LogP contribution in [0.3, 0.4) is 0 Å². The van der Waals surface area contributed by atoms with Crippen molar-refractivity contribution in [3.05, 3.63) is 72.9 Å². The first-order valence-electron chi connectivity index (χ1n) is 24.5. The molecule has 64 heavy (non-hydrogen) atoms. The van der Waals surface area contributed by atoms with Crippen LogP contribution in [0.25, 0.3) is 0 Å². The molecule has 0 aliphatic carbocycles. The van der Waals surface area contributed by atoms with Crippen LogP contribution in [-0.4, -0.2) is 96.0 Å². The standard InChI is InChI=1S/C51H86O12S/c1-3-5-7-9-11-13-15-17-19-21-22-24-25-27-29-31-33-35-37-39-46(52)60-41-44(42-61-51-50(56)49(55)48(54)45(63-51)43-64(57,58)59)62-47(53)40-38-36-34-32-30-28-26-23-20-18-16-14-12-10-8-6-4-2/h11-14,17-20,26,28,32,34,44-45,48-51,54-56H,3-10,15-16,21-25,27,29-31,33,35-43H2,1-2H3,(H,57,58,59)/b13-11+,14-12+,19-17+,20-18+,28-26+,34-32+/t44-,45-,48-,49?,50?,51+/m1/s1. The number of allylic oxidation sites excluding steroid dienone is 12. The second kappa shape index (κ2) is 40.4. The summed E-state index contributed by atoms with van der Waals surface area (Å²) < 4.78 is 54.1. The van der Waals surface area contributed by atoms with E-state index in [0.717, 1.165) is 57.8 Å². The van der Waals surface area contributed by atoms with Crippen LogP contribution >= 0.6 is 0 Å². The Hall–Kier alpha value is -2.91. The maximum Gasteiger partial charge on any atom is 0.306 e. The minimum atomic E-state index is -4.62. The van der Waals surface area contributed by atoms with Crippen LogP contribution in [0.5, 0.6) is 0 Å². The first kappa shape index (κ1) is 59.1. The summed E-state index contributed by atoms with van der Waals surface area (Å²) >= 11 is 0. The molecule has 0 bridgehead atoms. The summed E-state index contributed by atoms with van der Waals surface area (Å²) in [6, 6.07) is 0. The van der Waals surface area contributed by atoms with E-state index in [1.54, 1.807) is 0 Å². The summed E-state index contributed by atoms with van der Waals surface area (Å²) in [7, 11) is -4.62. The van der Waals surface area contributed by atoms with Gasteiger partial charge in [0.2, 0.25) is 0 Å². The van der Waals surface area contributed by atoms with Gasteiger partial charge in [-0.3, -0.25) is 14.1 Å². The normalized spacial score (nSPS) is 20.2. The van der Waals surface area contributed by atoms with Gasteiger partial charge < -0.3 is 34.3 Å². The number of rotatable bonds is 40. The van der Waals surface area contributed by atoms with Gasteiger partial charge >= 0.3 is 11.9 Å². The van der Waals surface area contributed by atoms with Crippen molar-refractivity contribution < 1.29 is 56.8 Å². The summed E-state index contributed by atoms with van der Waals surface area (Å²) in [4.78, 5) is 25.5. The lowest BCUT2D eigenvalue weighted by atomic mass is 10.00. The van der Waals surface area contributed by atoms with Gasteiger partial charge in [0.25, 0.3) is 10.1 Å². The Labute approximate surface area is 387 Å². The third-order valence-corrected chi connectivity index (χ3v) is 11.5. The summed E-state index contributed by atoms with van der Waals surface area (Å²) in [5, 5.41) is 30.9. The maximum absolute atomic E-state index is 12.8. The van der Waals surface area contributed by atoms with E-state index in [1.807, 2.05) is 12.2 Å². The molecule has 12 nitrogen and oxygen atoms in total. The van der Waals surface area contributed by atoms with Crippen LogP contribution in [-0.2, 0) is 38.7 Å². The molecule has 0 spiro atoms. The van der Waals surface area contributed by atoms with Crippen molar-refractivity contribution in [2.24, 2.45) is 0 Å². The number of carbonyl (C=O) groups is 2. The first-order chi connectivity index (χ1) is 31.0. The van der Waals surface area contributed by atoms with Crippen molar-refractivity contribution in [3.63, 3.8) is 0 Å². The molecule has 1 aliphatic heterocycles. The number of unbranched alkanes of at least 4 members (excludes halogenated alkanes) is 16. The lowest BCUT2D eigenvalue weighted by Gasteiger charge is -2.40. The number of aliphatic hydroxyl groups is 3. The van der Waals surface area contributed by atoms with Gasteiger partial charge in [-0.05, 0) is 83.5 Å². The van der Waals surface area contributed by atoms with E-state index in [2.05, 4.69) is 74.6 Å². The van der Waals surface area contributed by atoms with Gasteiger partial charge in [0.05, 0.1) is 6.61 Å².